The van der Waals surface area contributed by atoms with Crippen LogP contribution in [0.5, 0.6) is 11.5 Å². The third-order valence-corrected chi connectivity index (χ3v) is 4.79. The number of benzene rings is 2. The van der Waals surface area contributed by atoms with Crippen molar-refractivity contribution in [2.24, 2.45) is 0 Å². The highest BCUT2D eigenvalue weighted by atomic mass is 32.2. The molecule has 1 saturated heterocycles. The van der Waals surface area contributed by atoms with E-state index in [1.54, 1.807) is 24.3 Å². The van der Waals surface area contributed by atoms with Crippen molar-refractivity contribution in [3.8, 4) is 11.5 Å². The van der Waals surface area contributed by atoms with E-state index in [1.807, 2.05) is 11.8 Å². The fourth-order valence-corrected chi connectivity index (χ4v) is 3.50. The van der Waals surface area contributed by atoms with Crippen molar-refractivity contribution in [3.05, 3.63) is 54.1 Å². The zero-order chi connectivity index (χ0) is 17.6. The van der Waals surface area contributed by atoms with Crippen LogP contribution in [0.3, 0.4) is 0 Å². The number of carbonyl (C=O) groups excluding carboxylic acids is 1. The zero-order valence-corrected chi connectivity index (χ0v) is 14.2. The second kappa shape index (κ2) is 8.31. The van der Waals surface area contributed by atoms with Gasteiger partial charge in [0.25, 0.3) is 0 Å². The highest BCUT2D eigenvalue weighted by Crippen LogP contribution is 2.30. The van der Waals surface area contributed by atoms with Crippen LogP contribution in [0, 0.1) is 11.6 Å². The Morgan fingerprint density at radius 1 is 1.24 bits per heavy atom. The van der Waals surface area contributed by atoms with Crippen molar-refractivity contribution in [1.82, 2.24) is 5.32 Å². The molecular formula is C18H18F2N2O2S. The third kappa shape index (κ3) is 5.17. The van der Waals surface area contributed by atoms with E-state index in [4.69, 9.17) is 4.74 Å². The van der Waals surface area contributed by atoms with Gasteiger partial charge in [-0.05, 0) is 12.1 Å². The number of anilines is 1. The summed E-state index contributed by atoms with van der Waals surface area (Å²) in [6, 6.07) is 9.89. The van der Waals surface area contributed by atoms with Gasteiger partial charge in [0, 0.05) is 48.7 Å². The molecule has 0 radical (unpaired) electrons. The molecule has 2 aromatic carbocycles. The molecule has 2 aromatic rings. The Hall–Kier alpha value is -2.12. The second-order valence-corrected chi connectivity index (χ2v) is 6.83. The Bertz CT molecular complexity index is 731. The summed E-state index contributed by atoms with van der Waals surface area (Å²) in [6.45, 7) is 0.896. The number of halogens is 2. The highest BCUT2D eigenvalue weighted by Gasteiger charge is 2.17. The smallest absolute Gasteiger partial charge is 0.226 e. The minimum absolute atomic E-state index is 0.0320. The van der Waals surface area contributed by atoms with Gasteiger partial charge in [-0.3, -0.25) is 4.79 Å². The minimum atomic E-state index is -0.725. The molecule has 1 unspecified atom stereocenters. The van der Waals surface area contributed by atoms with Crippen molar-refractivity contribution in [2.45, 2.75) is 12.5 Å². The Labute approximate surface area is 149 Å². The first-order chi connectivity index (χ1) is 12.1. The van der Waals surface area contributed by atoms with Crippen LogP contribution < -0.4 is 15.4 Å². The van der Waals surface area contributed by atoms with Gasteiger partial charge in [-0.25, -0.2) is 8.78 Å². The van der Waals surface area contributed by atoms with E-state index < -0.39 is 11.6 Å². The molecule has 3 rings (SSSR count). The number of ether oxygens (including phenoxy) is 1. The van der Waals surface area contributed by atoms with E-state index in [0.29, 0.717) is 17.9 Å². The van der Waals surface area contributed by atoms with Crippen LogP contribution in [0.2, 0.25) is 0 Å². The van der Waals surface area contributed by atoms with Gasteiger partial charge < -0.3 is 15.4 Å². The van der Waals surface area contributed by atoms with Gasteiger partial charge in [0.05, 0.1) is 5.69 Å². The molecule has 1 amide bonds. The number of para-hydroxylation sites is 2. The Morgan fingerprint density at radius 2 is 2.00 bits per heavy atom. The molecule has 1 fully saturated rings. The molecule has 4 nitrogen and oxygen atoms in total. The maximum atomic E-state index is 13.3. The molecule has 0 bridgehead atoms. The molecular weight excluding hydrogens is 346 g/mol. The van der Waals surface area contributed by atoms with Crippen LogP contribution in [0.25, 0.3) is 0 Å². The molecule has 2 N–H and O–H groups in total. The molecule has 0 saturated carbocycles. The fourth-order valence-electron chi connectivity index (χ4n) is 2.55. The predicted octanol–water partition coefficient (Wildman–Crippen LogP) is 3.79. The molecule has 0 aromatic heterocycles. The fraction of sp³-hybridized carbons (Fsp3) is 0.278. The van der Waals surface area contributed by atoms with E-state index in [1.165, 1.54) is 0 Å². The van der Waals surface area contributed by atoms with E-state index in [2.05, 4.69) is 10.6 Å². The molecule has 1 aliphatic rings. The topological polar surface area (TPSA) is 50.4 Å². The van der Waals surface area contributed by atoms with Crippen LogP contribution in [0.4, 0.5) is 14.5 Å². The Kier molecular flexibility index (Phi) is 5.88. The number of hydrogen-bond acceptors (Lipinski definition) is 4. The lowest BCUT2D eigenvalue weighted by Gasteiger charge is -2.22. The van der Waals surface area contributed by atoms with Gasteiger partial charge in [0.2, 0.25) is 5.91 Å². The number of hydrogen-bond donors (Lipinski definition) is 2. The number of nitrogens with one attached hydrogen (secondary N) is 2. The van der Waals surface area contributed by atoms with Crippen LogP contribution >= 0.6 is 11.8 Å². The Balaban J connectivity index is 1.68. The first-order valence-electron chi connectivity index (χ1n) is 7.94. The monoisotopic (exact) mass is 364 g/mol. The number of amides is 1. The normalized spacial score (nSPS) is 17.1. The molecule has 132 valence electrons. The van der Waals surface area contributed by atoms with Gasteiger partial charge in [-0.1, -0.05) is 12.1 Å². The Morgan fingerprint density at radius 3 is 2.72 bits per heavy atom. The summed E-state index contributed by atoms with van der Waals surface area (Å²) in [5.74, 6) is 0.722. The highest BCUT2D eigenvalue weighted by molar-refractivity contribution is 7.99. The minimum Gasteiger partial charge on any atom is -0.455 e. The zero-order valence-electron chi connectivity index (χ0n) is 13.4. The summed E-state index contributed by atoms with van der Waals surface area (Å²) in [7, 11) is 0. The van der Waals surface area contributed by atoms with Crippen molar-refractivity contribution in [2.75, 3.05) is 23.4 Å². The summed E-state index contributed by atoms with van der Waals surface area (Å²) in [5.41, 5.74) is 0.459. The van der Waals surface area contributed by atoms with Gasteiger partial charge in [0.15, 0.2) is 5.75 Å². The van der Waals surface area contributed by atoms with Crippen LogP contribution in [-0.2, 0) is 4.79 Å². The van der Waals surface area contributed by atoms with E-state index >= 15 is 0 Å². The number of rotatable bonds is 5. The van der Waals surface area contributed by atoms with E-state index in [9.17, 15) is 13.6 Å². The summed E-state index contributed by atoms with van der Waals surface area (Å²) in [5, 5.41) is 6.11. The molecule has 25 heavy (non-hydrogen) atoms. The second-order valence-electron chi connectivity index (χ2n) is 5.68. The maximum Gasteiger partial charge on any atom is 0.226 e. The third-order valence-electron chi connectivity index (χ3n) is 3.66. The first-order valence-corrected chi connectivity index (χ1v) is 9.09. The summed E-state index contributed by atoms with van der Waals surface area (Å²) in [4.78, 5) is 12.3. The first kappa shape index (κ1) is 17.7. The average Bonchev–Trinajstić information content (AvgIpc) is 2.56. The van der Waals surface area contributed by atoms with Gasteiger partial charge >= 0.3 is 0 Å². The predicted molar refractivity (Wildman–Crippen MR) is 95.2 cm³/mol. The number of carbonyl (C=O) groups is 1. The van der Waals surface area contributed by atoms with Gasteiger partial charge in [-0.2, -0.15) is 11.8 Å². The maximum absolute atomic E-state index is 13.3. The summed E-state index contributed by atoms with van der Waals surface area (Å²) >= 11 is 1.82. The summed E-state index contributed by atoms with van der Waals surface area (Å²) < 4.78 is 32.2. The van der Waals surface area contributed by atoms with Crippen LogP contribution in [0.15, 0.2) is 42.5 Å². The van der Waals surface area contributed by atoms with Gasteiger partial charge in [-0.15, -0.1) is 0 Å². The average molecular weight is 364 g/mol. The van der Waals surface area contributed by atoms with E-state index in [-0.39, 0.29) is 17.7 Å². The van der Waals surface area contributed by atoms with Crippen LogP contribution in [0.1, 0.15) is 6.42 Å². The van der Waals surface area contributed by atoms with Crippen molar-refractivity contribution < 1.29 is 18.3 Å². The lowest BCUT2D eigenvalue weighted by Crippen LogP contribution is -2.39. The molecule has 1 aliphatic heterocycles. The summed E-state index contributed by atoms with van der Waals surface area (Å²) in [6.07, 6.45) is 0.357. The SMILES string of the molecule is O=C(CC1CSCCN1)Nc1ccccc1Oc1cc(F)cc(F)c1. The molecule has 1 heterocycles. The quantitative estimate of drug-likeness (QED) is 0.848. The van der Waals surface area contributed by atoms with Crippen molar-refractivity contribution in [1.29, 1.82) is 0 Å². The van der Waals surface area contributed by atoms with E-state index in [0.717, 1.165) is 36.2 Å². The molecule has 0 aliphatic carbocycles. The molecule has 1 atom stereocenters. The van der Waals surface area contributed by atoms with Crippen molar-refractivity contribution >= 4 is 23.4 Å². The van der Waals surface area contributed by atoms with Crippen molar-refractivity contribution in [3.63, 3.8) is 0 Å². The number of thioether (sulfide) groups is 1. The molecule has 0 spiro atoms. The largest absolute Gasteiger partial charge is 0.455 e. The van der Waals surface area contributed by atoms with Crippen LogP contribution in [-0.4, -0.2) is 30.0 Å². The lowest BCUT2D eigenvalue weighted by molar-refractivity contribution is -0.116. The lowest BCUT2D eigenvalue weighted by atomic mass is 10.2. The standard InChI is InChI=1S/C18H18F2N2O2S/c19-12-7-13(20)9-15(8-12)24-17-4-2-1-3-16(17)22-18(23)10-14-11-25-6-5-21-14/h1-4,7-9,14,21H,5-6,10-11H2,(H,22,23). The van der Waals surface area contributed by atoms with Gasteiger partial charge in [0.1, 0.15) is 17.4 Å². The molecule has 7 heteroatoms.